The number of methoxy groups -OCH3 is 2. The van der Waals surface area contributed by atoms with Gasteiger partial charge in [-0.2, -0.15) is 0 Å². The Morgan fingerprint density at radius 2 is 1.71 bits per heavy atom. The highest BCUT2D eigenvalue weighted by Crippen LogP contribution is 2.30. The zero-order valence-corrected chi connectivity index (χ0v) is 24.3. The lowest BCUT2D eigenvalue weighted by Gasteiger charge is -2.33. The number of benzene rings is 2. The number of rotatable bonds is 13. The van der Waals surface area contributed by atoms with Gasteiger partial charge in [0.05, 0.1) is 26.2 Å². The fourth-order valence-corrected chi connectivity index (χ4v) is 5.13. The molecule has 2 aromatic carbocycles. The van der Waals surface area contributed by atoms with E-state index in [0.29, 0.717) is 23.6 Å². The van der Waals surface area contributed by atoms with Gasteiger partial charge in [-0.1, -0.05) is 31.2 Å². The second kappa shape index (κ2) is 13.5. The van der Waals surface area contributed by atoms with E-state index in [1.807, 2.05) is 52.0 Å². The van der Waals surface area contributed by atoms with E-state index >= 15 is 0 Å². The third-order valence-corrected chi connectivity index (χ3v) is 7.06. The van der Waals surface area contributed by atoms with Gasteiger partial charge in [0.15, 0.2) is 0 Å². The van der Waals surface area contributed by atoms with Gasteiger partial charge < -0.3 is 19.7 Å². The van der Waals surface area contributed by atoms with Crippen molar-refractivity contribution in [3.8, 4) is 11.5 Å². The molecule has 0 aliphatic rings. The van der Waals surface area contributed by atoms with Crippen LogP contribution in [-0.2, 0) is 26.2 Å². The van der Waals surface area contributed by atoms with E-state index in [-0.39, 0.29) is 37.7 Å². The van der Waals surface area contributed by atoms with Gasteiger partial charge >= 0.3 is 0 Å². The maximum absolute atomic E-state index is 13.6. The second-order valence-electron chi connectivity index (χ2n) is 10.1. The van der Waals surface area contributed by atoms with Gasteiger partial charge in [-0.25, -0.2) is 8.42 Å². The molecule has 2 rings (SSSR count). The Balaban J connectivity index is 2.29. The molecule has 10 heteroatoms. The maximum atomic E-state index is 13.6. The predicted molar refractivity (Wildman–Crippen MR) is 150 cm³/mol. The van der Waals surface area contributed by atoms with E-state index in [9.17, 15) is 18.0 Å². The lowest BCUT2D eigenvalue weighted by Crippen LogP contribution is -2.53. The molecular weight excluding hydrogens is 506 g/mol. The van der Waals surface area contributed by atoms with Crippen molar-refractivity contribution in [1.29, 1.82) is 0 Å². The summed E-state index contributed by atoms with van der Waals surface area (Å²) in [4.78, 5) is 28.3. The summed E-state index contributed by atoms with van der Waals surface area (Å²) < 4.78 is 37.1. The summed E-state index contributed by atoms with van der Waals surface area (Å²) in [6.07, 6.45) is 1.87. The molecule has 1 N–H and O–H groups in total. The molecule has 0 aliphatic carbocycles. The smallest absolute Gasteiger partial charge is 0.243 e. The molecule has 0 aliphatic heterocycles. The van der Waals surface area contributed by atoms with Crippen molar-refractivity contribution in [3.63, 3.8) is 0 Å². The van der Waals surface area contributed by atoms with Gasteiger partial charge in [-0.05, 0) is 63.4 Å². The minimum atomic E-state index is -3.63. The highest BCUT2D eigenvalue weighted by Gasteiger charge is 2.31. The minimum absolute atomic E-state index is 0.0600. The highest BCUT2D eigenvalue weighted by molar-refractivity contribution is 7.92. The van der Waals surface area contributed by atoms with Crippen molar-refractivity contribution in [2.75, 3.05) is 31.3 Å². The number of hydrogen-bond acceptors (Lipinski definition) is 6. The number of hydrogen-bond donors (Lipinski definition) is 1. The van der Waals surface area contributed by atoms with Crippen LogP contribution in [0.25, 0.3) is 0 Å². The molecule has 210 valence electrons. The van der Waals surface area contributed by atoms with Gasteiger partial charge in [0.1, 0.15) is 17.5 Å². The summed E-state index contributed by atoms with van der Waals surface area (Å²) in [6, 6.07) is 13.5. The van der Waals surface area contributed by atoms with Crippen LogP contribution in [0.2, 0.25) is 0 Å². The first-order valence-electron chi connectivity index (χ1n) is 12.7. The molecule has 2 amide bonds. The van der Waals surface area contributed by atoms with Crippen molar-refractivity contribution in [3.05, 3.63) is 54.1 Å². The van der Waals surface area contributed by atoms with Crippen LogP contribution in [-0.4, -0.2) is 63.7 Å². The molecule has 0 saturated heterocycles. The summed E-state index contributed by atoms with van der Waals surface area (Å²) in [6.45, 7) is 7.85. The molecule has 9 nitrogen and oxygen atoms in total. The van der Waals surface area contributed by atoms with Crippen LogP contribution in [0.1, 0.15) is 52.5 Å². The lowest BCUT2D eigenvalue weighted by atomic mass is 10.0. The topological polar surface area (TPSA) is 105 Å². The number of anilines is 1. The van der Waals surface area contributed by atoms with E-state index in [1.54, 1.807) is 36.3 Å². The first-order chi connectivity index (χ1) is 17.8. The molecule has 0 fully saturated rings. The molecule has 0 unspecified atom stereocenters. The van der Waals surface area contributed by atoms with E-state index in [2.05, 4.69) is 5.32 Å². The number of carbonyl (C=O) groups is 2. The van der Waals surface area contributed by atoms with Gasteiger partial charge in [-0.15, -0.1) is 0 Å². The molecule has 1 atom stereocenters. The van der Waals surface area contributed by atoms with E-state index < -0.39 is 21.6 Å². The largest absolute Gasteiger partial charge is 0.497 e. The predicted octanol–water partition coefficient (Wildman–Crippen LogP) is 3.97. The Bertz CT molecular complexity index is 1190. The molecule has 0 spiro atoms. The highest BCUT2D eigenvalue weighted by atomic mass is 32.2. The third-order valence-electron chi connectivity index (χ3n) is 5.88. The van der Waals surface area contributed by atoms with Crippen molar-refractivity contribution >= 4 is 27.5 Å². The van der Waals surface area contributed by atoms with Gasteiger partial charge in [0, 0.05) is 25.0 Å². The second-order valence-corrected chi connectivity index (χ2v) is 12.1. The van der Waals surface area contributed by atoms with E-state index in [4.69, 9.17) is 9.47 Å². The molecule has 0 bridgehead atoms. The fourth-order valence-electron chi connectivity index (χ4n) is 4.16. The van der Waals surface area contributed by atoms with Crippen LogP contribution in [0, 0.1) is 0 Å². The number of nitrogens with one attached hydrogen (secondary N) is 1. The zero-order valence-electron chi connectivity index (χ0n) is 23.5. The molecule has 38 heavy (non-hydrogen) atoms. The van der Waals surface area contributed by atoms with E-state index in [1.165, 1.54) is 11.4 Å². The standard InChI is InChI=1S/C28H41N3O6S/c1-8-23(27(33)29-28(2,3)4)30(20-21-13-11-14-22(19-21)36-5)26(32)17-12-18-31(38(7,34)35)24-15-9-10-16-25(24)37-6/h9-11,13-16,19,23H,8,12,17-18,20H2,1-7H3,(H,29,33)/t23-/m0/s1. The monoisotopic (exact) mass is 547 g/mol. The normalized spacial score (nSPS) is 12.4. The zero-order chi connectivity index (χ0) is 28.5. The summed E-state index contributed by atoms with van der Waals surface area (Å²) >= 11 is 0. The Morgan fingerprint density at radius 1 is 1.03 bits per heavy atom. The molecule has 0 aromatic heterocycles. The lowest BCUT2D eigenvalue weighted by molar-refractivity contribution is -0.142. The van der Waals surface area contributed by atoms with Crippen LogP contribution < -0.4 is 19.1 Å². The summed E-state index contributed by atoms with van der Waals surface area (Å²) in [5.74, 6) is 0.608. The number of carbonyl (C=O) groups excluding carboxylic acids is 2. The summed E-state index contributed by atoms with van der Waals surface area (Å²) in [5.41, 5.74) is 0.778. The van der Waals surface area contributed by atoms with Crippen molar-refractivity contribution in [1.82, 2.24) is 10.2 Å². The van der Waals surface area contributed by atoms with E-state index in [0.717, 1.165) is 11.8 Å². The molecular formula is C28H41N3O6S. The van der Waals surface area contributed by atoms with Crippen molar-refractivity contribution < 1.29 is 27.5 Å². The van der Waals surface area contributed by atoms with Crippen LogP contribution >= 0.6 is 0 Å². The quantitative estimate of drug-likeness (QED) is 0.407. The third kappa shape index (κ3) is 8.93. The average Bonchev–Trinajstić information content (AvgIpc) is 2.84. The Kier molecular flexibility index (Phi) is 11.0. The van der Waals surface area contributed by atoms with Crippen LogP contribution in [0.15, 0.2) is 48.5 Å². The van der Waals surface area contributed by atoms with Crippen LogP contribution in [0.5, 0.6) is 11.5 Å². The molecule has 0 radical (unpaired) electrons. The van der Waals surface area contributed by atoms with Gasteiger partial charge in [-0.3, -0.25) is 13.9 Å². The first kappa shape index (κ1) is 31.0. The van der Waals surface area contributed by atoms with Crippen molar-refractivity contribution in [2.24, 2.45) is 0 Å². The first-order valence-corrected chi connectivity index (χ1v) is 14.5. The molecule has 0 saturated carbocycles. The van der Waals surface area contributed by atoms with Crippen LogP contribution in [0.3, 0.4) is 0 Å². The Morgan fingerprint density at radius 3 is 2.29 bits per heavy atom. The Labute approximate surface area is 227 Å². The number of sulfonamides is 1. The average molecular weight is 548 g/mol. The Hall–Kier alpha value is -3.27. The number of para-hydroxylation sites is 2. The van der Waals surface area contributed by atoms with Crippen molar-refractivity contribution in [2.45, 2.75) is 65.1 Å². The van der Waals surface area contributed by atoms with Crippen LogP contribution in [0.4, 0.5) is 5.69 Å². The summed E-state index contributed by atoms with van der Waals surface area (Å²) in [7, 11) is -0.578. The molecule has 2 aromatic rings. The summed E-state index contributed by atoms with van der Waals surface area (Å²) in [5, 5.41) is 2.98. The van der Waals surface area contributed by atoms with Gasteiger partial charge in [0.25, 0.3) is 0 Å². The maximum Gasteiger partial charge on any atom is 0.243 e. The number of amides is 2. The molecule has 0 heterocycles. The fraction of sp³-hybridized carbons (Fsp3) is 0.500. The van der Waals surface area contributed by atoms with Gasteiger partial charge in [0.2, 0.25) is 21.8 Å². The number of ether oxygens (including phenoxy) is 2. The SMILES string of the molecule is CC[C@@H](C(=O)NC(C)(C)C)N(Cc1cccc(OC)c1)C(=O)CCCN(c1ccccc1OC)S(C)(=O)=O. The number of nitrogens with zero attached hydrogens (tertiary/aromatic N) is 2. The minimum Gasteiger partial charge on any atom is -0.497 e.